The molecule has 0 atom stereocenters. The number of carbonyl (C=O) groups is 1. The molecule has 0 bridgehead atoms. The highest BCUT2D eigenvalue weighted by atomic mass is 16.2. The van der Waals surface area contributed by atoms with E-state index >= 15 is 0 Å². The fourth-order valence-corrected chi connectivity index (χ4v) is 3.55. The van der Waals surface area contributed by atoms with E-state index in [2.05, 4.69) is 43.3 Å². The molecule has 0 radical (unpaired) electrons. The Morgan fingerprint density at radius 3 is 2.38 bits per heavy atom. The summed E-state index contributed by atoms with van der Waals surface area (Å²) in [6, 6.07) is 14.7. The topological polar surface area (TPSA) is 23.6 Å². The molecule has 1 amide bonds. The van der Waals surface area contributed by atoms with Gasteiger partial charge in [0.2, 0.25) is 0 Å². The van der Waals surface area contributed by atoms with E-state index in [9.17, 15) is 4.79 Å². The molecular formula is C23H30N2O. The molecule has 26 heavy (non-hydrogen) atoms. The average molecular weight is 351 g/mol. The molecule has 0 aromatic heterocycles. The third-order valence-corrected chi connectivity index (χ3v) is 5.23. The van der Waals surface area contributed by atoms with Gasteiger partial charge in [0, 0.05) is 31.0 Å². The van der Waals surface area contributed by atoms with Crippen LogP contribution >= 0.6 is 0 Å². The number of carbonyl (C=O) groups excluding carboxylic acids is 1. The molecule has 3 heteroatoms. The van der Waals surface area contributed by atoms with Gasteiger partial charge in [0.1, 0.15) is 0 Å². The van der Waals surface area contributed by atoms with Gasteiger partial charge in [0.05, 0.1) is 6.54 Å². The molecule has 1 aliphatic rings. The van der Waals surface area contributed by atoms with E-state index in [4.69, 9.17) is 0 Å². The number of nitrogens with zero attached hydrogens (tertiary/aromatic N) is 2. The van der Waals surface area contributed by atoms with Crippen molar-refractivity contribution in [3.05, 3.63) is 59.2 Å². The Hall–Kier alpha value is -2.29. The molecule has 1 aliphatic heterocycles. The second-order valence-corrected chi connectivity index (χ2v) is 7.46. The predicted octanol–water partition coefficient (Wildman–Crippen LogP) is 5.43. The minimum atomic E-state index is 0.107. The van der Waals surface area contributed by atoms with Crippen LogP contribution in [0.4, 0.5) is 11.4 Å². The standard InChI is InChI=1S/C23H30N2O/c1-4-5-6-7-8-9-18-10-13-20(14-11-18)25-17-19-12-15-21(24(2)3)16-22(19)23(25)26/h10-16H,4-9,17H2,1-3H3. The van der Waals surface area contributed by atoms with E-state index in [1.165, 1.54) is 37.7 Å². The van der Waals surface area contributed by atoms with Crippen molar-refractivity contribution in [3.8, 4) is 0 Å². The second kappa shape index (κ2) is 8.39. The van der Waals surface area contributed by atoms with Crippen LogP contribution < -0.4 is 9.80 Å². The third kappa shape index (κ3) is 4.09. The van der Waals surface area contributed by atoms with Crippen molar-refractivity contribution in [2.45, 2.75) is 52.0 Å². The van der Waals surface area contributed by atoms with Gasteiger partial charge in [-0.2, -0.15) is 0 Å². The first-order valence-electron chi connectivity index (χ1n) is 9.81. The molecule has 0 aliphatic carbocycles. The van der Waals surface area contributed by atoms with Gasteiger partial charge < -0.3 is 9.80 Å². The lowest BCUT2D eigenvalue weighted by molar-refractivity contribution is 0.0996. The molecule has 1 heterocycles. The van der Waals surface area contributed by atoms with Crippen LogP contribution in [0, 0.1) is 0 Å². The number of unbranched alkanes of at least 4 members (excludes halogenated alkanes) is 4. The molecule has 2 aromatic rings. The van der Waals surface area contributed by atoms with E-state index in [0.717, 1.165) is 28.9 Å². The normalized spacial score (nSPS) is 13.2. The van der Waals surface area contributed by atoms with Crippen molar-refractivity contribution in [1.29, 1.82) is 0 Å². The van der Waals surface area contributed by atoms with Gasteiger partial charge >= 0.3 is 0 Å². The van der Waals surface area contributed by atoms with Gasteiger partial charge in [0.25, 0.3) is 5.91 Å². The predicted molar refractivity (Wildman–Crippen MR) is 110 cm³/mol. The Balaban J connectivity index is 1.64. The number of aryl methyl sites for hydroxylation is 1. The van der Waals surface area contributed by atoms with Crippen LogP contribution in [0.25, 0.3) is 0 Å². The van der Waals surface area contributed by atoms with E-state index in [1.807, 2.05) is 30.0 Å². The van der Waals surface area contributed by atoms with Crippen LogP contribution in [0.5, 0.6) is 0 Å². The minimum absolute atomic E-state index is 0.107. The Kier molecular flexibility index (Phi) is 5.97. The number of anilines is 2. The van der Waals surface area contributed by atoms with Crippen LogP contribution in [0.1, 0.15) is 60.5 Å². The number of amides is 1. The van der Waals surface area contributed by atoms with Crippen molar-refractivity contribution in [2.24, 2.45) is 0 Å². The Labute approximate surface area is 157 Å². The molecule has 3 nitrogen and oxygen atoms in total. The first kappa shape index (κ1) is 18.5. The molecule has 138 valence electrons. The molecule has 0 saturated heterocycles. The highest BCUT2D eigenvalue weighted by molar-refractivity contribution is 6.10. The molecule has 0 fully saturated rings. The number of hydrogen-bond acceptors (Lipinski definition) is 2. The van der Waals surface area contributed by atoms with Gasteiger partial charge in [-0.05, 0) is 48.2 Å². The van der Waals surface area contributed by atoms with E-state index in [1.54, 1.807) is 0 Å². The van der Waals surface area contributed by atoms with E-state index in [-0.39, 0.29) is 5.91 Å². The molecular weight excluding hydrogens is 320 g/mol. The van der Waals surface area contributed by atoms with Gasteiger partial charge in [0.15, 0.2) is 0 Å². The number of benzene rings is 2. The monoisotopic (exact) mass is 350 g/mol. The molecule has 0 spiro atoms. The summed E-state index contributed by atoms with van der Waals surface area (Å²) in [6.45, 7) is 2.91. The lowest BCUT2D eigenvalue weighted by Crippen LogP contribution is -2.23. The zero-order valence-corrected chi connectivity index (χ0v) is 16.3. The highest BCUT2D eigenvalue weighted by Gasteiger charge is 2.28. The summed E-state index contributed by atoms with van der Waals surface area (Å²) in [5.41, 5.74) is 5.37. The fourth-order valence-electron chi connectivity index (χ4n) is 3.55. The van der Waals surface area contributed by atoms with Crippen LogP contribution in [0.15, 0.2) is 42.5 Å². The van der Waals surface area contributed by atoms with E-state index < -0.39 is 0 Å². The van der Waals surface area contributed by atoms with Gasteiger partial charge in [-0.15, -0.1) is 0 Å². The molecule has 0 saturated carbocycles. The lowest BCUT2D eigenvalue weighted by atomic mass is 10.1. The summed E-state index contributed by atoms with van der Waals surface area (Å²) in [7, 11) is 4.00. The SMILES string of the molecule is CCCCCCCc1ccc(N2Cc3ccc(N(C)C)cc3C2=O)cc1. The Morgan fingerprint density at radius 2 is 1.69 bits per heavy atom. The Morgan fingerprint density at radius 1 is 0.962 bits per heavy atom. The largest absolute Gasteiger partial charge is 0.378 e. The smallest absolute Gasteiger partial charge is 0.259 e. The van der Waals surface area contributed by atoms with Crippen molar-refractivity contribution >= 4 is 17.3 Å². The van der Waals surface area contributed by atoms with Crippen LogP contribution in [-0.4, -0.2) is 20.0 Å². The average Bonchev–Trinajstić information content (AvgIpc) is 2.98. The number of rotatable bonds is 8. The van der Waals surface area contributed by atoms with Gasteiger partial charge in [-0.25, -0.2) is 0 Å². The highest BCUT2D eigenvalue weighted by Crippen LogP contribution is 2.31. The fraction of sp³-hybridized carbons (Fsp3) is 0.435. The zero-order valence-electron chi connectivity index (χ0n) is 16.3. The second-order valence-electron chi connectivity index (χ2n) is 7.46. The quantitative estimate of drug-likeness (QED) is 0.593. The lowest BCUT2D eigenvalue weighted by Gasteiger charge is -2.16. The zero-order chi connectivity index (χ0) is 18.5. The van der Waals surface area contributed by atoms with Crippen molar-refractivity contribution in [2.75, 3.05) is 23.9 Å². The number of hydrogen-bond donors (Lipinski definition) is 0. The molecule has 3 rings (SSSR count). The maximum absolute atomic E-state index is 12.8. The van der Waals surface area contributed by atoms with E-state index in [0.29, 0.717) is 6.54 Å². The van der Waals surface area contributed by atoms with Crippen LogP contribution in [-0.2, 0) is 13.0 Å². The summed E-state index contributed by atoms with van der Waals surface area (Å²) in [5, 5.41) is 0. The summed E-state index contributed by atoms with van der Waals surface area (Å²) in [5.74, 6) is 0.107. The van der Waals surface area contributed by atoms with Crippen molar-refractivity contribution in [3.63, 3.8) is 0 Å². The number of fused-ring (bicyclic) bond motifs is 1. The maximum Gasteiger partial charge on any atom is 0.259 e. The molecule has 0 unspecified atom stereocenters. The minimum Gasteiger partial charge on any atom is -0.378 e. The van der Waals surface area contributed by atoms with Crippen LogP contribution in [0.3, 0.4) is 0 Å². The van der Waals surface area contributed by atoms with Crippen molar-refractivity contribution in [1.82, 2.24) is 0 Å². The van der Waals surface area contributed by atoms with Crippen LogP contribution in [0.2, 0.25) is 0 Å². The van der Waals surface area contributed by atoms with Gasteiger partial charge in [-0.3, -0.25) is 4.79 Å². The Bertz CT molecular complexity index is 749. The summed E-state index contributed by atoms with van der Waals surface area (Å²) in [6.07, 6.45) is 7.65. The maximum atomic E-state index is 12.8. The summed E-state index contributed by atoms with van der Waals surface area (Å²) < 4.78 is 0. The third-order valence-electron chi connectivity index (χ3n) is 5.23. The molecule has 2 aromatic carbocycles. The summed E-state index contributed by atoms with van der Waals surface area (Å²) >= 11 is 0. The first-order valence-corrected chi connectivity index (χ1v) is 9.81. The molecule has 0 N–H and O–H groups in total. The summed E-state index contributed by atoms with van der Waals surface area (Å²) in [4.78, 5) is 16.8. The van der Waals surface area contributed by atoms with Crippen molar-refractivity contribution < 1.29 is 4.79 Å². The first-order chi connectivity index (χ1) is 12.6. The van der Waals surface area contributed by atoms with Gasteiger partial charge in [-0.1, -0.05) is 50.8 Å².